The van der Waals surface area contributed by atoms with Crippen molar-refractivity contribution in [3.8, 4) is 0 Å². The fourth-order valence-corrected chi connectivity index (χ4v) is 3.25. The standard InChI is InChI=1S/C19H24N4O2/c1-13-3-5-15(6-4-13)17(21-14(2)24)11-19(25)22-16-7-8-18-20-9-10-23(18)12-16/h3-6,9-10,16-17H,7-8,11-12H2,1-2H3,(H,21,24)(H,22,25)/t16-,17+/m1/s1. The number of fused-ring (bicyclic) bond motifs is 1. The summed E-state index contributed by atoms with van der Waals surface area (Å²) < 4.78 is 2.08. The molecule has 2 heterocycles. The van der Waals surface area contributed by atoms with Gasteiger partial charge in [0.1, 0.15) is 5.82 Å². The number of amides is 2. The van der Waals surface area contributed by atoms with E-state index in [2.05, 4.69) is 20.2 Å². The van der Waals surface area contributed by atoms with Gasteiger partial charge in [0.15, 0.2) is 0 Å². The summed E-state index contributed by atoms with van der Waals surface area (Å²) in [5.74, 6) is 0.883. The highest BCUT2D eigenvalue weighted by Gasteiger charge is 2.23. The Morgan fingerprint density at radius 2 is 2.08 bits per heavy atom. The van der Waals surface area contributed by atoms with E-state index in [4.69, 9.17) is 0 Å². The van der Waals surface area contributed by atoms with Crippen molar-refractivity contribution in [2.45, 2.75) is 51.7 Å². The number of aryl methyl sites for hydroxylation is 2. The first-order valence-electron chi connectivity index (χ1n) is 8.64. The molecule has 132 valence electrons. The molecule has 0 aliphatic carbocycles. The smallest absolute Gasteiger partial charge is 0.222 e. The van der Waals surface area contributed by atoms with Crippen LogP contribution in [0.3, 0.4) is 0 Å². The Bertz CT molecular complexity index is 751. The van der Waals surface area contributed by atoms with Crippen molar-refractivity contribution in [3.05, 3.63) is 53.6 Å². The second-order valence-corrected chi connectivity index (χ2v) is 6.67. The normalized spacial score (nSPS) is 17.4. The van der Waals surface area contributed by atoms with Gasteiger partial charge in [0.25, 0.3) is 0 Å². The SMILES string of the molecule is CC(=O)N[C@@H](CC(=O)N[C@@H]1CCc2nccn2C1)c1ccc(C)cc1. The molecule has 0 radical (unpaired) electrons. The van der Waals surface area contributed by atoms with Gasteiger partial charge in [0.05, 0.1) is 12.5 Å². The second-order valence-electron chi connectivity index (χ2n) is 6.67. The Balaban J connectivity index is 1.62. The summed E-state index contributed by atoms with van der Waals surface area (Å²) in [5.41, 5.74) is 2.09. The predicted octanol–water partition coefficient (Wildman–Crippen LogP) is 1.89. The van der Waals surface area contributed by atoms with Crippen molar-refractivity contribution in [1.29, 1.82) is 0 Å². The van der Waals surface area contributed by atoms with E-state index in [9.17, 15) is 9.59 Å². The maximum absolute atomic E-state index is 12.5. The molecule has 0 saturated carbocycles. The molecule has 0 bridgehead atoms. The van der Waals surface area contributed by atoms with Crippen LogP contribution < -0.4 is 10.6 Å². The zero-order valence-electron chi connectivity index (χ0n) is 14.7. The number of imidazole rings is 1. The molecule has 1 aromatic heterocycles. The highest BCUT2D eigenvalue weighted by molar-refractivity contribution is 5.79. The van der Waals surface area contributed by atoms with Crippen LogP contribution in [0.1, 0.15) is 42.8 Å². The highest BCUT2D eigenvalue weighted by Crippen LogP contribution is 2.19. The number of hydrogen-bond donors (Lipinski definition) is 2. The number of carbonyl (C=O) groups excluding carboxylic acids is 2. The lowest BCUT2D eigenvalue weighted by atomic mass is 10.0. The Hall–Kier alpha value is -2.63. The van der Waals surface area contributed by atoms with Gasteiger partial charge < -0.3 is 15.2 Å². The number of benzene rings is 1. The summed E-state index contributed by atoms with van der Waals surface area (Å²) in [4.78, 5) is 28.3. The first kappa shape index (κ1) is 17.2. The average Bonchev–Trinajstić information content (AvgIpc) is 3.02. The van der Waals surface area contributed by atoms with Gasteiger partial charge in [-0.25, -0.2) is 4.98 Å². The molecule has 6 heteroatoms. The quantitative estimate of drug-likeness (QED) is 0.873. The van der Waals surface area contributed by atoms with Crippen LogP contribution in [0.5, 0.6) is 0 Å². The lowest BCUT2D eigenvalue weighted by molar-refractivity contribution is -0.123. The molecule has 1 aromatic carbocycles. The van der Waals surface area contributed by atoms with Gasteiger partial charge in [-0.1, -0.05) is 29.8 Å². The van der Waals surface area contributed by atoms with Crippen LogP contribution in [0.4, 0.5) is 0 Å². The van der Waals surface area contributed by atoms with Crippen molar-refractivity contribution in [2.24, 2.45) is 0 Å². The number of nitrogens with zero attached hydrogens (tertiary/aromatic N) is 2. The summed E-state index contributed by atoms with van der Waals surface area (Å²) in [5, 5.41) is 5.98. The largest absolute Gasteiger partial charge is 0.351 e. The highest BCUT2D eigenvalue weighted by atomic mass is 16.2. The maximum Gasteiger partial charge on any atom is 0.222 e. The third kappa shape index (κ3) is 4.47. The Kier molecular flexibility index (Phi) is 5.16. The second kappa shape index (κ2) is 7.51. The molecule has 25 heavy (non-hydrogen) atoms. The molecule has 1 aliphatic heterocycles. The van der Waals surface area contributed by atoms with Crippen LogP contribution in [-0.2, 0) is 22.6 Å². The zero-order chi connectivity index (χ0) is 17.8. The van der Waals surface area contributed by atoms with Crippen molar-refractivity contribution in [3.63, 3.8) is 0 Å². The Morgan fingerprint density at radius 3 is 2.80 bits per heavy atom. The molecule has 1 aliphatic rings. The van der Waals surface area contributed by atoms with Gasteiger partial charge in [0, 0.05) is 38.3 Å². The molecule has 0 fully saturated rings. The average molecular weight is 340 g/mol. The van der Waals surface area contributed by atoms with Gasteiger partial charge in [0.2, 0.25) is 11.8 Å². The molecule has 2 atom stereocenters. The van der Waals surface area contributed by atoms with Gasteiger partial charge >= 0.3 is 0 Å². The third-order valence-electron chi connectivity index (χ3n) is 4.55. The van der Waals surface area contributed by atoms with E-state index in [1.54, 1.807) is 6.20 Å². The van der Waals surface area contributed by atoms with Crippen LogP contribution in [0.25, 0.3) is 0 Å². The fraction of sp³-hybridized carbons (Fsp3) is 0.421. The Labute approximate surface area is 147 Å². The van der Waals surface area contributed by atoms with Gasteiger partial charge in [-0.05, 0) is 18.9 Å². The molecular formula is C19H24N4O2. The molecule has 0 spiro atoms. The number of rotatable bonds is 5. The minimum atomic E-state index is -0.314. The molecule has 2 aromatic rings. The minimum Gasteiger partial charge on any atom is -0.351 e. The minimum absolute atomic E-state index is 0.0482. The van der Waals surface area contributed by atoms with E-state index in [0.717, 1.165) is 36.3 Å². The third-order valence-corrected chi connectivity index (χ3v) is 4.55. The van der Waals surface area contributed by atoms with Gasteiger partial charge in [-0.3, -0.25) is 9.59 Å². The number of nitrogens with one attached hydrogen (secondary N) is 2. The van der Waals surface area contributed by atoms with Crippen LogP contribution in [0.15, 0.2) is 36.7 Å². The summed E-state index contributed by atoms with van der Waals surface area (Å²) in [6, 6.07) is 7.69. The van der Waals surface area contributed by atoms with Gasteiger partial charge in [-0.15, -0.1) is 0 Å². The summed E-state index contributed by atoms with van der Waals surface area (Å²) in [6.45, 7) is 4.23. The fourth-order valence-electron chi connectivity index (χ4n) is 3.25. The monoisotopic (exact) mass is 340 g/mol. The van der Waals surface area contributed by atoms with Crippen molar-refractivity contribution < 1.29 is 9.59 Å². The van der Waals surface area contributed by atoms with Crippen LogP contribution in [0, 0.1) is 6.92 Å². The molecule has 0 saturated heterocycles. The van der Waals surface area contributed by atoms with Crippen molar-refractivity contribution in [1.82, 2.24) is 20.2 Å². The molecular weight excluding hydrogens is 316 g/mol. The van der Waals surface area contributed by atoms with Crippen molar-refractivity contribution in [2.75, 3.05) is 0 Å². The van der Waals surface area contributed by atoms with E-state index in [1.165, 1.54) is 6.92 Å². The molecule has 0 unspecified atom stereocenters. The van der Waals surface area contributed by atoms with Gasteiger partial charge in [-0.2, -0.15) is 0 Å². The van der Waals surface area contributed by atoms with E-state index < -0.39 is 0 Å². The first-order valence-corrected chi connectivity index (χ1v) is 8.64. The van der Waals surface area contributed by atoms with Crippen LogP contribution in [0.2, 0.25) is 0 Å². The number of hydrogen-bond acceptors (Lipinski definition) is 3. The van der Waals surface area contributed by atoms with Crippen molar-refractivity contribution >= 4 is 11.8 Å². The molecule has 2 N–H and O–H groups in total. The molecule has 3 rings (SSSR count). The lowest BCUT2D eigenvalue weighted by Crippen LogP contribution is -2.42. The van der Waals surface area contributed by atoms with E-state index in [0.29, 0.717) is 0 Å². The molecule has 2 amide bonds. The number of aromatic nitrogens is 2. The summed E-state index contributed by atoms with van der Waals surface area (Å²) >= 11 is 0. The predicted molar refractivity (Wildman–Crippen MR) is 94.8 cm³/mol. The molecule has 6 nitrogen and oxygen atoms in total. The van der Waals surface area contributed by atoms with Crippen LogP contribution >= 0.6 is 0 Å². The number of carbonyl (C=O) groups is 2. The summed E-state index contributed by atoms with van der Waals surface area (Å²) in [7, 11) is 0. The zero-order valence-corrected chi connectivity index (χ0v) is 14.7. The topological polar surface area (TPSA) is 76.0 Å². The maximum atomic E-state index is 12.5. The van der Waals surface area contributed by atoms with Crippen LogP contribution in [-0.4, -0.2) is 27.4 Å². The lowest BCUT2D eigenvalue weighted by Gasteiger charge is -2.26. The summed E-state index contributed by atoms with van der Waals surface area (Å²) in [6.07, 6.45) is 5.73. The van der Waals surface area contributed by atoms with E-state index >= 15 is 0 Å². The van der Waals surface area contributed by atoms with E-state index in [-0.39, 0.29) is 30.3 Å². The Morgan fingerprint density at radius 1 is 1.32 bits per heavy atom. The van der Waals surface area contributed by atoms with E-state index in [1.807, 2.05) is 37.4 Å². The first-order chi connectivity index (χ1) is 12.0.